The maximum atomic E-state index is 10.9. The van der Waals surface area contributed by atoms with E-state index in [-0.39, 0.29) is 6.61 Å². The van der Waals surface area contributed by atoms with Crippen LogP contribution in [-0.4, -0.2) is 23.7 Å². The summed E-state index contributed by atoms with van der Waals surface area (Å²) in [5.41, 5.74) is 1.64. The molecule has 2 rings (SSSR count). The molecule has 0 aromatic heterocycles. The smallest absolute Gasteiger partial charge is 0.320 e. The molecular weight excluding hydrogens is 377 g/mol. The number of rotatable bonds is 9. The van der Waals surface area contributed by atoms with Gasteiger partial charge >= 0.3 is 5.97 Å². The van der Waals surface area contributed by atoms with Gasteiger partial charge in [0, 0.05) is 17.1 Å². The van der Waals surface area contributed by atoms with Crippen LogP contribution in [0.25, 0.3) is 0 Å². The molecule has 0 bridgehead atoms. The lowest BCUT2D eigenvalue weighted by atomic mass is 10.2. The Balaban J connectivity index is 2.17. The second kappa shape index (κ2) is 9.67. The number of nitrogens with one attached hydrogen (secondary N) is 1. The van der Waals surface area contributed by atoms with Crippen molar-refractivity contribution in [3.05, 3.63) is 57.6 Å². The summed E-state index contributed by atoms with van der Waals surface area (Å²) in [5.74, 6) is 0.0242. The number of ether oxygens (including phenoxy) is 2. The van der Waals surface area contributed by atoms with Gasteiger partial charge in [-0.05, 0) is 37.6 Å². The van der Waals surface area contributed by atoms with Crippen molar-refractivity contribution in [2.45, 2.75) is 33.0 Å². The van der Waals surface area contributed by atoms with Crippen molar-refractivity contribution >= 4 is 29.2 Å². The van der Waals surface area contributed by atoms with Gasteiger partial charge in [0.25, 0.3) is 0 Å². The summed E-state index contributed by atoms with van der Waals surface area (Å²) in [6.45, 7) is 4.49. The SMILES string of the molecule is CCOc1cc(CNC(C)C(=O)O)cc(Cl)c1OCc1ccccc1Cl. The molecule has 0 fully saturated rings. The van der Waals surface area contributed by atoms with E-state index in [1.165, 1.54) is 0 Å². The second-order valence-electron chi connectivity index (χ2n) is 5.66. The largest absolute Gasteiger partial charge is 0.490 e. The lowest BCUT2D eigenvalue weighted by molar-refractivity contribution is -0.139. The molecular formula is C19H21Cl2NO4. The highest BCUT2D eigenvalue weighted by atomic mass is 35.5. The highest BCUT2D eigenvalue weighted by Gasteiger charge is 2.15. The molecule has 0 aliphatic heterocycles. The monoisotopic (exact) mass is 397 g/mol. The standard InChI is InChI=1S/C19H21Cl2NO4/c1-3-25-17-9-13(10-22-12(2)19(23)24)8-16(21)18(17)26-11-14-6-4-5-7-15(14)20/h4-9,12,22H,3,10-11H2,1-2H3,(H,23,24). The molecule has 2 aromatic carbocycles. The van der Waals surface area contributed by atoms with E-state index < -0.39 is 12.0 Å². The first kappa shape index (κ1) is 20.4. The quantitative estimate of drug-likeness (QED) is 0.650. The van der Waals surface area contributed by atoms with Crippen LogP contribution in [0.3, 0.4) is 0 Å². The predicted octanol–water partition coefficient (Wildman–Crippen LogP) is 4.53. The highest BCUT2D eigenvalue weighted by Crippen LogP contribution is 2.37. The van der Waals surface area contributed by atoms with E-state index in [4.69, 9.17) is 37.8 Å². The molecule has 7 heteroatoms. The van der Waals surface area contributed by atoms with Crippen LogP contribution in [-0.2, 0) is 17.9 Å². The Hall–Kier alpha value is -1.95. The summed E-state index contributed by atoms with van der Waals surface area (Å²) in [4.78, 5) is 10.9. The maximum Gasteiger partial charge on any atom is 0.320 e. The molecule has 140 valence electrons. The number of carboxylic acid groups (broad SMARTS) is 1. The minimum Gasteiger partial charge on any atom is -0.490 e. The Morgan fingerprint density at radius 3 is 2.58 bits per heavy atom. The minimum atomic E-state index is -0.916. The number of benzene rings is 2. The van der Waals surface area contributed by atoms with Crippen LogP contribution >= 0.6 is 23.2 Å². The molecule has 2 aromatic rings. The van der Waals surface area contributed by atoms with Crippen LogP contribution in [0, 0.1) is 0 Å². The summed E-state index contributed by atoms with van der Waals surface area (Å²) < 4.78 is 11.5. The van der Waals surface area contributed by atoms with Crippen LogP contribution in [0.1, 0.15) is 25.0 Å². The third-order valence-electron chi connectivity index (χ3n) is 3.68. The molecule has 0 radical (unpaired) electrons. The minimum absolute atomic E-state index is 0.257. The van der Waals surface area contributed by atoms with Crippen molar-refractivity contribution in [1.29, 1.82) is 0 Å². The average molecular weight is 398 g/mol. The Morgan fingerprint density at radius 2 is 1.92 bits per heavy atom. The number of hydrogen-bond acceptors (Lipinski definition) is 4. The first-order valence-electron chi connectivity index (χ1n) is 8.20. The summed E-state index contributed by atoms with van der Waals surface area (Å²) in [5, 5.41) is 12.9. The van der Waals surface area contributed by atoms with Crippen LogP contribution in [0.15, 0.2) is 36.4 Å². The lowest BCUT2D eigenvalue weighted by Crippen LogP contribution is -2.33. The molecule has 0 aliphatic carbocycles. The van der Waals surface area contributed by atoms with E-state index in [0.29, 0.717) is 34.7 Å². The van der Waals surface area contributed by atoms with Gasteiger partial charge in [0.05, 0.1) is 11.6 Å². The van der Waals surface area contributed by atoms with E-state index in [0.717, 1.165) is 11.1 Å². The van der Waals surface area contributed by atoms with E-state index in [2.05, 4.69) is 5.32 Å². The molecule has 26 heavy (non-hydrogen) atoms. The fraction of sp³-hybridized carbons (Fsp3) is 0.316. The number of aliphatic carboxylic acids is 1. The van der Waals surface area contributed by atoms with Crippen molar-refractivity contribution in [2.75, 3.05) is 6.61 Å². The number of carboxylic acids is 1. The molecule has 1 unspecified atom stereocenters. The summed E-state index contributed by atoms with van der Waals surface area (Å²) in [6.07, 6.45) is 0. The molecule has 0 saturated carbocycles. The van der Waals surface area contributed by atoms with Crippen molar-refractivity contribution in [3.8, 4) is 11.5 Å². The van der Waals surface area contributed by atoms with E-state index in [9.17, 15) is 4.79 Å². The third kappa shape index (κ3) is 5.53. The van der Waals surface area contributed by atoms with Crippen molar-refractivity contribution < 1.29 is 19.4 Å². The topological polar surface area (TPSA) is 67.8 Å². The summed E-state index contributed by atoms with van der Waals surface area (Å²) in [7, 11) is 0. The fourth-order valence-corrected chi connectivity index (χ4v) is 2.73. The molecule has 5 nitrogen and oxygen atoms in total. The Kier molecular flexibility index (Phi) is 7.57. The van der Waals surface area contributed by atoms with Gasteiger partial charge in [-0.25, -0.2) is 0 Å². The Labute approximate surface area is 162 Å². The van der Waals surface area contributed by atoms with Gasteiger partial charge in [0.1, 0.15) is 12.6 Å². The van der Waals surface area contributed by atoms with E-state index in [1.807, 2.05) is 25.1 Å². The van der Waals surface area contributed by atoms with Crippen LogP contribution in [0.5, 0.6) is 11.5 Å². The van der Waals surface area contributed by atoms with Crippen LogP contribution in [0.2, 0.25) is 10.0 Å². The molecule has 0 aliphatic rings. The normalized spacial score (nSPS) is 11.8. The van der Waals surface area contributed by atoms with Gasteiger partial charge in [-0.2, -0.15) is 0 Å². The number of hydrogen-bond donors (Lipinski definition) is 2. The highest BCUT2D eigenvalue weighted by molar-refractivity contribution is 6.32. The van der Waals surface area contributed by atoms with Crippen LogP contribution < -0.4 is 14.8 Å². The average Bonchev–Trinajstić information content (AvgIpc) is 2.60. The third-order valence-corrected chi connectivity index (χ3v) is 4.33. The molecule has 1 atom stereocenters. The maximum absolute atomic E-state index is 10.9. The number of carbonyl (C=O) groups is 1. The molecule has 0 spiro atoms. The molecule has 0 heterocycles. The van der Waals surface area contributed by atoms with Crippen LogP contribution in [0.4, 0.5) is 0 Å². The van der Waals surface area contributed by atoms with Gasteiger partial charge in [0.15, 0.2) is 11.5 Å². The van der Waals surface area contributed by atoms with Gasteiger partial charge in [-0.1, -0.05) is 41.4 Å². The Morgan fingerprint density at radius 1 is 1.19 bits per heavy atom. The zero-order valence-corrected chi connectivity index (χ0v) is 16.1. The number of halogens is 2. The molecule has 0 saturated heterocycles. The predicted molar refractivity (Wildman–Crippen MR) is 102 cm³/mol. The first-order chi connectivity index (χ1) is 12.4. The lowest BCUT2D eigenvalue weighted by Gasteiger charge is -2.16. The van der Waals surface area contributed by atoms with Crippen molar-refractivity contribution in [3.63, 3.8) is 0 Å². The van der Waals surface area contributed by atoms with E-state index >= 15 is 0 Å². The molecule has 2 N–H and O–H groups in total. The van der Waals surface area contributed by atoms with Gasteiger partial charge in [0.2, 0.25) is 0 Å². The van der Waals surface area contributed by atoms with Gasteiger partial charge in [-0.15, -0.1) is 0 Å². The fourth-order valence-electron chi connectivity index (χ4n) is 2.25. The zero-order valence-electron chi connectivity index (χ0n) is 14.6. The first-order valence-corrected chi connectivity index (χ1v) is 8.95. The van der Waals surface area contributed by atoms with Crippen molar-refractivity contribution in [2.24, 2.45) is 0 Å². The zero-order chi connectivity index (χ0) is 19.1. The van der Waals surface area contributed by atoms with E-state index in [1.54, 1.807) is 25.1 Å². The Bertz CT molecular complexity index is 767. The van der Waals surface area contributed by atoms with Gasteiger partial charge in [-0.3, -0.25) is 4.79 Å². The summed E-state index contributed by atoms with van der Waals surface area (Å²) >= 11 is 12.5. The summed E-state index contributed by atoms with van der Waals surface area (Å²) in [6, 6.07) is 10.3. The van der Waals surface area contributed by atoms with Crippen molar-refractivity contribution in [1.82, 2.24) is 5.32 Å². The second-order valence-corrected chi connectivity index (χ2v) is 6.47. The molecule has 0 amide bonds. The van der Waals surface area contributed by atoms with Gasteiger partial charge < -0.3 is 19.9 Å².